The number of ether oxygens (including phenoxy) is 1. The van der Waals surface area contributed by atoms with E-state index in [1.165, 1.54) is 7.11 Å². The maximum absolute atomic E-state index is 10.7. The van der Waals surface area contributed by atoms with Crippen molar-refractivity contribution in [3.05, 3.63) is 28.5 Å². The van der Waals surface area contributed by atoms with E-state index in [0.717, 1.165) is 9.86 Å². The molecule has 0 fully saturated rings. The third-order valence-corrected chi connectivity index (χ3v) is 2.83. The molecule has 0 aliphatic rings. The Morgan fingerprint density at radius 3 is 2.88 bits per heavy atom. The van der Waals surface area contributed by atoms with E-state index < -0.39 is 5.97 Å². The molecule has 0 radical (unpaired) electrons. The molecule has 0 atom stereocenters. The van der Waals surface area contributed by atoms with E-state index in [-0.39, 0.29) is 12.2 Å². The van der Waals surface area contributed by atoms with Gasteiger partial charge in [-0.05, 0) is 28.1 Å². The average Bonchev–Trinajstić information content (AvgIpc) is 2.28. The number of carboxylic acids is 1. The van der Waals surface area contributed by atoms with E-state index in [1.807, 2.05) is 18.2 Å². The molecule has 17 heavy (non-hydrogen) atoms. The fraction of sp³-hybridized carbons (Fsp3) is 0.182. The summed E-state index contributed by atoms with van der Waals surface area (Å²) in [5.74, 6) is -0.361. The predicted octanol–water partition coefficient (Wildman–Crippen LogP) is 2.03. The summed E-state index contributed by atoms with van der Waals surface area (Å²) in [5, 5.41) is 9.49. The molecule has 6 heteroatoms. The number of methoxy groups -OCH3 is 1. The summed E-state index contributed by atoms with van der Waals surface area (Å²) in [6.45, 7) is 0. The first kappa shape index (κ1) is 11.8. The zero-order valence-corrected chi connectivity index (χ0v) is 10.6. The lowest BCUT2D eigenvalue weighted by Crippen LogP contribution is -2.06. The number of benzene rings is 1. The maximum atomic E-state index is 10.7. The minimum atomic E-state index is -0.974. The molecule has 0 unspecified atom stereocenters. The SMILES string of the molecule is COc1nc(CC(=O)O)nc2c(Br)cccc12. The van der Waals surface area contributed by atoms with Gasteiger partial charge in [0.25, 0.3) is 0 Å². The molecule has 0 spiro atoms. The zero-order chi connectivity index (χ0) is 12.4. The number of halogens is 1. The molecular formula is C11H9BrN2O3. The highest BCUT2D eigenvalue weighted by atomic mass is 79.9. The molecule has 0 saturated carbocycles. The average molecular weight is 297 g/mol. The van der Waals surface area contributed by atoms with Gasteiger partial charge in [-0.15, -0.1) is 0 Å². The van der Waals surface area contributed by atoms with Crippen LogP contribution in [0.4, 0.5) is 0 Å². The van der Waals surface area contributed by atoms with Crippen LogP contribution in [0, 0.1) is 0 Å². The normalized spacial score (nSPS) is 10.5. The number of para-hydroxylation sites is 1. The van der Waals surface area contributed by atoms with E-state index >= 15 is 0 Å². The van der Waals surface area contributed by atoms with Crippen molar-refractivity contribution < 1.29 is 14.6 Å². The van der Waals surface area contributed by atoms with Crippen molar-refractivity contribution in [1.82, 2.24) is 9.97 Å². The lowest BCUT2D eigenvalue weighted by atomic mass is 10.2. The van der Waals surface area contributed by atoms with Crippen LogP contribution in [0.25, 0.3) is 10.9 Å². The molecule has 0 aliphatic carbocycles. The second-order valence-electron chi connectivity index (χ2n) is 3.36. The minimum Gasteiger partial charge on any atom is -0.481 e. The number of hydrogen-bond donors (Lipinski definition) is 1. The van der Waals surface area contributed by atoms with Gasteiger partial charge in [-0.1, -0.05) is 6.07 Å². The van der Waals surface area contributed by atoms with Crippen LogP contribution in [-0.4, -0.2) is 28.2 Å². The summed E-state index contributed by atoms with van der Waals surface area (Å²) in [5.41, 5.74) is 0.649. The fourth-order valence-corrected chi connectivity index (χ4v) is 1.96. The third-order valence-electron chi connectivity index (χ3n) is 2.19. The van der Waals surface area contributed by atoms with E-state index in [0.29, 0.717) is 11.4 Å². The first-order valence-electron chi connectivity index (χ1n) is 4.82. The van der Waals surface area contributed by atoms with Crippen molar-refractivity contribution in [1.29, 1.82) is 0 Å². The largest absolute Gasteiger partial charge is 0.481 e. The highest BCUT2D eigenvalue weighted by Gasteiger charge is 2.12. The Balaban J connectivity index is 2.67. The second-order valence-corrected chi connectivity index (χ2v) is 4.21. The molecule has 0 bridgehead atoms. The van der Waals surface area contributed by atoms with Crippen LogP contribution in [0.3, 0.4) is 0 Å². The summed E-state index contributed by atoms with van der Waals surface area (Å²) >= 11 is 3.37. The monoisotopic (exact) mass is 296 g/mol. The van der Waals surface area contributed by atoms with Crippen molar-refractivity contribution in [2.24, 2.45) is 0 Å². The van der Waals surface area contributed by atoms with Crippen LogP contribution >= 0.6 is 15.9 Å². The van der Waals surface area contributed by atoms with Gasteiger partial charge in [0, 0.05) is 4.47 Å². The van der Waals surface area contributed by atoms with Gasteiger partial charge in [0.1, 0.15) is 12.2 Å². The number of carboxylic acid groups (broad SMARTS) is 1. The standard InChI is InChI=1S/C11H9BrN2O3/c1-17-11-6-3-2-4-7(12)10(6)13-8(14-11)5-9(15)16/h2-4H,5H2,1H3,(H,15,16). The Labute approximate surface area is 106 Å². The van der Waals surface area contributed by atoms with Crippen molar-refractivity contribution in [3.8, 4) is 5.88 Å². The number of rotatable bonds is 3. The lowest BCUT2D eigenvalue weighted by molar-refractivity contribution is -0.136. The first-order valence-corrected chi connectivity index (χ1v) is 5.62. The number of hydrogen-bond acceptors (Lipinski definition) is 4. The molecule has 2 rings (SSSR count). The van der Waals surface area contributed by atoms with Gasteiger partial charge in [0.2, 0.25) is 5.88 Å². The van der Waals surface area contributed by atoms with Gasteiger partial charge in [0.05, 0.1) is 18.0 Å². The lowest BCUT2D eigenvalue weighted by Gasteiger charge is -2.07. The smallest absolute Gasteiger partial charge is 0.311 e. The van der Waals surface area contributed by atoms with E-state index in [9.17, 15) is 4.79 Å². The molecule has 1 N–H and O–H groups in total. The van der Waals surface area contributed by atoms with Crippen molar-refractivity contribution in [2.45, 2.75) is 6.42 Å². The highest BCUT2D eigenvalue weighted by Crippen LogP contribution is 2.27. The topological polar surface area (TPSA) is 72.3 Å². The van der Waals surface area contributed by atoms with Crippen LogP contribution in [0.1, 0.15) is 5.82 Å². The quantitative estimate of drug-likeness (QED) is 0.938. The maximum Gasteiger partial charge on any atom is 0.311 e. The Morgan fingerprint density at radius 2 is 2.24 bits per heavy atom. The summed E-state index contributed by atoms with van der Waals surface area (Å²) in [7, 11) is 1.49. The molecule has 1 aromatic heterocycles. The molecule has 0 saturated heterocycles. The molecule has 2 aromatic rings. The van der Waals surface area contributed by atoms with E-state index in [2.05, 4.69) is 25.9 Å². The molecule has 5 nitrogen and oxygen atoms in total. The summed E-state index contributed by atoms with van der Waals surface area (Å²) in [6, 6.07) is 5.50. The molecule has 88 valence electrons. The number of nitrogens with zero attached hydrogens (tertiary/aromatic N) is 2. The van der Waals surface area contributed by atoms with Gasteiger partial charge in [-0.2, -0.15) is 4.98 Å². The Morgan fingerprint density at radius 1 is 1.47 bits per heavy atom. The van der Waals surface area contributed by atoms with E-state index in [4.69, 9.17) is 9.84 Å². The summed E-state index contributed by atoms with van der Waals surface area (Å²) in [6.07, 6.45) is -0.229. The number of aromatic nitrogens is 2. The Bertz CT molecular complexity index is 586. The zero-order valence-electron chi connectivity index (χ0n) is 8.98. The van der Waals surface area contributed by atoms with Gasteiger partial charge < -0.3 is 9.84 Å². The third kappa shape index (κ3) is 2.36. The molecular weight excluding hydrogens is 288 g/mol. The highest BCUT2D eigenvalue weighted by molar-refractivity contribution is 9.10. The summed E-state index contributed by atoms with van der Waals surface area (Å²) in [4.78, 5) is 18.9. The fourth-order valence-electron chi connectivity index (χ4n) is 1.50. The van der Waals surface area contributed by atoms with Crippen molar-refractivity contribution >= 4 is 32.8 Å². The van der Waals surface area contributed by atoms with Crippen molar-refractivity contribution in [3.63, 3.8) is 0 Å². The Hall–Kier alpha value is -1.69. The predicted molar refractivity (Wildman–Crippen MR) is 65.1 cm³/mol. The van der Waals surface area contributed by atoms with Gasteiger partial charge in [-0.25, -0.2) is 4.98 Å². The Kier molecular flexibility index (Phi) is 3.23. The van der Waals surface area contributed by atoms with Gasteiger partial charge in [0.15, 0.2) is 0 Å². The molecule has 1 aromatic carbocycles. The van der Waals surface area contributed by atoms with Crippen LogP contribution in [0.5, 0.6) is 5.88 Å². The van der Waals surface area contributed by atoms with E-state index in [1.54, 1.807) is 0 Å². The van der Waals surface area contributed by atoms with Crippen LogP contribution in [0.15, 0.2) is 22.7 Å². The van der Waals surface area contributed by atoms with Crippen LogP contribution in [-0.2, 0) is 11.2 Å². The second kappa shape index (κ2) is 4.67. The molecule has 1 heterocycles. The first-order chi connectivity index (χ1) is 8.11. The number of aliphatic carboxylic acids is 1. The van der Waals surface area contributed by atoms with Crippen molar-refractivity contribution in [2.75, 3.05) is 7.11 Å². The van der Waals surface area contributed by atoms with Crippen LogP contribution < -0.4 is 4.74 Å². The molecule has 0 aliphatic heterocycles. The number of carbonyl (C=O) groups is 1. The van der Waals surface area contributed by atoms with Crippen LogP contribution in [0.2, 0.25) is 0 Å². The van der Waals surface area contributed by atoms with Gasteiger partial charge in [-0.3, -0.25) is 4.79 Å². The van der Waals surface area contributed by atoms with Gasteiger partial charge >= 0.3 is 5.97 Å². The molecule has 0 amide bonds. The number of fused-ring (bicyclic) bond motifs is 1. The minimum absolute atomic E-state index is 0.229. The summed E-state index contributed by atoms with van der Waals surface area (Å²) < 4.78 is 5.92.